The molecule has 0 atom stereocenters. The van der Waals surface area contributed by atoms with Crippen molar-refractivity contribution in [3.63, 3.8) is 0 Å². The van der Waals surface area contributed by atoms with E-state index in [4.69, 9.17) is 33.1 Å². The van der Waals surface area contributed by atoms with E-state index in [1.165, 1.54) is 0 Å². The van der Waals surface area contributed by atoms with E-state index >= 15 is 0 Å². The quantitative estimate of drug-likeness (QED) is 0.835. The van der Waals surface area contributed by atoms with Crippen LogP contribution in [0.2, 0.25) is 10.0 Å². The van der Waals surface area contributed by atoms with Gasteiger partial charge in [0.05, 0.1) is 0 Å². The molecule has 0 aliphatic carbocycles. The Morgan fingerprint density at radius 2 is 1.47 bits per heavy atom. The van der Waals surface area contributed by atoms with Crippen molar-refractivity contribution < 1.29 is 9.90 Å². The third-order valence-electron chi connectivity index (χ3n) is 1.93. The number of carboxylic acid groups (broad SMARTS) is 1. The fourth-order valence-corrected chi connectivity index (χ4v) is 1.84. The first-order valence-corrected chi connectivity index (χ1v) is 6.20. The van der Waals surface area contributed by atoms with Crippen LogP contribution >= 0.6 is 23.2 Å². The zero-order valence-electron chi connectivity index (χ0n) is 10.2. The van der Waals surface area contributed by atoms with Crippen molar-refractivity contribution in [2.45, 2.75) is 6.92 Å². The first kappa shape index (κ1) is 15.3. The van der Waals surface area contributed by atoms with Gasteiger partial charge in [0.15, 0.2) is 0 Å². The Bertz CT molecular complexity index is 520. The Morgan fingerprint density at radius 1 is 1.00 bits per heavy atom. The predicted octanol–water partition coefficient (Wildman–Crippen LogP) is 4.83. The second-order valence-electron chi connectivity index (χ2n) is 3.67. The zero-order chi connectivity index (χ0) is 14.3. The van der Waals surface area contributed by atoms with E-state index in [0.29, 0.717) is 10.0 Å². The van der Waals surface area contributed by atoms with Crippen LogP contribution in [-0.4, -0.2) is 11.1 Å². The van der Waals surface area contributed by atoms with Gasteiger partial charge in [-0.1, -0.05) is 41.4 Å². The van der Waals surface area contributed by atoms with E-state index < -0.39 is 5.97 Å². The molecule has 5 heteroatoms. The molecule has 2 aromatic carbocycles. The van der Waals surface area contributed by atoms with Crippen molar-refractivity contribution in [2.75, 3.05) is 5.32 Å². The van der Waals surface area contributed by atoms with Crippen LogP contribution in [0.25, 0.3) is 0 Å². The third-order valence-corrected chi connectivity index (χ3v) is 2.36. The lowest BCUT2D eigenvalue weighted by atomic mass is 10.3. The van der Waals surface area contributed by atoms with E-state index in [1.807, 2.05) is 42.5 Å². The van der Waals surface area contributed by atoms with Gasteiger partial charge in [-0.2, -0.15) is 0 Å². The number of rotatable bonds is 2. The number of para-hydroxylation sites is 1. The van der Waals surface area contributed by atoms with Gasteiger partial charge in [-0.25, -0.2) is 0 Å². The molecule has 0 spiro atoms. The van der Waals surface area contributed by atoms with Crippen LogP contribution < -0.4 is 5.32 Å². The number of aliphatic carboxylic acids is 1. The Hall–Kier alpha value is -1.71. The maximum absolute atomic E-state index is 9.00. The summed E-state index contributed by atoms with van der Waals surface area (Å²) in [5, 5.41) is 11.9. The zero-order valence-corrected chi connectivity index (χ0v) is 11.7. The van der Waals surface area contributed by atoms with Gasteiger partial charge in [-0.05, 0) is 30.3 Å². The highest BCUT2D eigenvalue weighted by Gasteiger charge is 1.98. The minimum Gasteiger partial charge on any atom is -0.481 e. The van der Waals surface area contributed by atoms with Gasteiger partial charge in [0.2, 0.25) is 0 Å². The number of hydrogen-bond donors (Lipinski definition) is 2. The van der Waals surface area contributed by atoms with Crippen LogP contribution in [-0.2, 0) is 4.79 Å². The monoisotopic (exact) mass is 297 g/mol. The standard InChI is InChI=1S/C12H9Cl2N.C2H4O2/c13-9-6-10(14)8-12(7-9)15-11-4-2-1-3-5-11;1-2(3)4/h1-8,15H;1H3,(H,3,4). The molecule has 2 rings (SSSR count). The lowest BCUT2D eigenvalue weighted by molar-refractivity contribution is -0.134. The first-order valence-electron chi connectivity index (χ1n) is 5.45. The smallest absolute Gasteiger partial charge is 0.300 e. The highest BCUT2D eigenvalue weighted by molar-refractivity contribution is 6.35. The number of carbonyl (C=O) groups is 1. The topological polar surface area (TPSA) is 49.3 Å². The van der Waals surface area contributed by atoms with E-state index in [9.17, 15) is 0 Å². The molecule has 0 heterocycles. The number of nitrogens with one attached hydrogen (secondary N) is 1. The number of carboxylic acids is 1. The number of halogens is 2. The average Bonchev–Trinajstić information content (AvgIpc) is 2.28. The maximum Gasteiger partial charge on any atom is 0.300 e. The van der Waals surface area contributed by atoms with Gasteiger partial charge in [0.25, 0.3) is 5.97 Å². The summed E-state index contributed by atoms with van der Waals surface area (Å²) in [6.45, 7) is 1.08. The molecule has 0 aromatic heterocycles. The second kappa shape index (κ2) is 7.67. The van der Waals surface area contributed by atoms with Crippen LogP contribution in [0.3, 0.4) is 0 Å². The Balaban J connectivity index is 0.000000399. The van der Waals surface area contributed by atoms with Crippen LogP contribution in [0.5, 0.6) is 0 Å². The van der Waals surface area contributed by atoms with E-state index in [2.05, 4.69) is 5.32 Å². The number of hydrogen-bond acceptors (Lipinski definition) is 2. The van der Waals surface area contributed by atoms with Gasteiger partial charge in [0, 0.05) is 28.3 Å². The first-order chi connectivity index (χ1) is 8.97. The van der Waals surface area contributed by atoms with E-state index in [1.54, 1.807) is 6.07 Å². The summed E-state index contributed by atoms with van der Waals surface area (Å²) in [4.78, 5) is 9.00. The highest BCUT2D eigenvalue weighted by Crippen LogP contribution is 2.24. The maximum atomic E-state index is 9.00. The molecule has 3 nitrogen and oxygen atoms in total. The van der Waals surface area contributed by atoms with Gasteiger partial charge in [-0.15, -0.1) is 0 Å². The van der Waals surface area contributed by atoms with Gasteiger partial charge in [-0.3, -0.25) is 4.79 Å². The minimum absolute atomic E-state index is 0.626. The van der Waals surface area contributed by atoms with Crippen molar-refractivity contribution in [3.8, 4) is 0 Å². The molecule has 2 aromatic rings. The molecule has 0 aliphatic heterocycles. The largest absolute Gasteiger partial charge is 0.481 e. The molecule has 0 saturated heterocycles. The molecule has 0 fully saturated rings. The van der Waals surface area contributed by atoms with Crippen LogP contribution in [0.1, 0.15) is 6.92 Å². The molecule has 19 heavy (non-hydrogen) atoms. The third kappa shape index (κ3) is 6.70. The van der Waals surface area contributed by atoms with Gasteiger partial charge < -0.3 is 10.4 Å². The minimum atomic E-state index is -0.833. The lowest BCUT2D eigenvalue weighted by Gasteiger charge is -2.06. The number of anilines is 2. The summed E-state index contributed by atoms with van der Waals surface area (Å²) in [5.74, 6) is -0.833. The van der Waals surface area contributed by atoms with Crippen molar-refractivity contribution in [1.82, 2.24) is 0 Å². The van der Waals surface area contributed by atoms with Crippen LogP contribution in [0.15, 0.2) is 48.5 Å². The molecular weight excluding hydrogens is 285 g/mol. The summed E-state index contributed by atoms with van der Waals surface area (Å²) in [6.07, 6.45) is 0. The lowest BCUT2D eigenvalue weighted by Crippen LogP contribution is -1.89. The van der Waals surface area contributed by atoms with E-state index in [0.717, 1.165) is 18.3 Å². The molecule has 2 N–H and O–H groups in total. The Labute approximate surface area is 121 Å². The van der Waals surface area contributed by atoms with Crippen molar-refractivity contribution in [3.05, 3.63) is 58.6 Å². The van der Waals surface area contributed by atoms with Crippen LogP contribution in [0, 0.1) is 0 Å². The summed E-state index contributed by atoms with van der Waals surface area (Å²) in [7, 11) is 0. The van der Waals surface area contributed by atoms with Crippen molar-refractivity contribution in [2.24, 2.45) is 0 Å². The average molecular weight is 298 g/mol. The molecule has 0 bridgehead atoms. The van der Waals surface area contributed by atoms with Gasteiger partial charge in [0.1, 0.15) is 0 Å². The predicted molar refractivity (Wildman–Crippen MR) is 79.5 cm³/mol. The summed E-state index contributed by atoms with van der Waals surface area (Å²) < 4.78 is 0. The van der Waals surface area contributed by atoms with E-state index in [-0.39, 0.29) is 0 Å². The SMILES string of the molecule is CC(=O)O.Clc1cc(Cl)cc(Nc2ccccc2)c1. The Morgan fingerprint density at radius 3 is 1.95 bits per heavy atom. The molecule has 0 radical (unpaired) electrons. The molecule has 0 amide bonds. The summed E-state index contributed by atoms with van der Waals surface area (Å²) in [5.41, 5.74) is 1.90. The van der Waals surface area contributed by atoms with Crippen molar-refractivity contribution >= 4 is 40.5 Å². The molecule has 0 unspecified atom stereocenters. The normalized spacial score (nSPS) is 9.21. The van der Waals surface area contributed by atoms with Gasteiger partial charge >= 0.3 is 0 Å². The molecule has 0 saturated carbocycles. The summed E-state index contributed by atoms with van der Waals surface area (Å²) >= 11 is 11.8. The molecular formula is C14H13Cl2NO2. The summed E-state index contributed by atoms with van der Waals surface area (Å²) in [6, 6.07) is 15.2. The molecule has 0 aliphatic rings. The second-order valence-corrected chi connectivity index (χ2v) is 4.54. The fraction of sp³-hybridized carbons (Fsp3) is 0.0714. The molecule has 100 valence electrons. The number of benzene rings is 2. The highest BCUT2D eigenvalue weighted by atomic mass is 35.5. The Kier molecular flexibility index (Phi) is 6.19. The fourth-order valence-electron chi connectivity index (χ4n) is 1.31. The van der Waals surface area contributed by atoms with Crippen LogP contribution in [0.4, 0.5) is 11.4 Å². The van der Waals surface area contributed by atoms with Crippen molar-refractivity contribution in [1.29, 1.82) is 0 Å².